The molecule has 0 saturated carbocycles. The van der Waals surface area contributed by atoms with Gasteiger partial charge in [-0.3, -0.25) is 4.79 Å². The summed E-state index contributed by atoms with van der Waals surface area (Å²) in [5.74, 6) is 0.0220. The third-order valence-electron chi connectivity index (χ3n) is 7.50. The molecule has 0 aromatic heterocycles. The number of carbonyl (C=O) groups excluding carboxylic acids is 1. The number of ether oxygens (including phenoxy) is 1. The summed E-state index contributed by atoms with van der Waals surface area (Å²) in [4.78, 5) is 11.8. The van der Waals surface area contributed by atoms with Gasteiger partial charge in [-0.2, -0.15) is 0 Å². The van der Waals surface area contributed by atoms with Crippen molar-refractivity contribution in [2.24, 2.45) is 0 Å². The van der Waals surface area contributed by atoms with Crippen LogP contribution in [0.5, 0.6) is 0 Å². The Morgan fingerprint density at radius 3 is 0.943 bits per heavy atom. The van der Waals surface area contributed by atoms with E-state index in [0.29, 0.717) is 13.0 Å². The zero-order valence-electron chi connectivity index (χ0n) is 24.5. The largest absolute Gasteiger partial charge is 0.466 e. The van der Waals surface area contributed by atoms with Crippen molar-refractivity contribution in [2.75, 3.05) is 6.61 Å². The van der Waals surface area contributed by atoms with E-state index in [4.69, 9.17) is 4.74 Å². The first-order valence-corrected chi connectivity index (χ1v) is 16.5. The molecule has 0 atom stereocenters. The maximum absolute atomic E-state index is 11.8. The summed E-state index contributed by atoms with van der Waals surface area (Å²) >= 11 is 0. The van der Waals surface area contributed by atoms with Crippen molar-refractivity contribution in [2.45, 2.75) is 200 Å². The average molecular weight is 495 g/mol. The highest BCUT2D eigenvalue weighted by Gasteiger charge is 2.02. The van der Waals surface area contributed by atoms with Gasteiger partial charge in [0.1, 0.15) is 0 Å². The molecule has 210 valence electrons. The minimum Gasteiger partial charge on any atom is -0.466 e. The second-order valence-corrected chi connectivity index (χ2v) is 11.2. The van der Waals surface area contributed by atoms with Crippen LogP contribution in [0, 0.1) is 0 Å². The average Bonchev–Trinajstić information content (AvgIpc) is 2.86. The van der Waals surface area contributed by atoms with Crippen LogP contribution < -0.4 is 0 Å². The van der Waals surface area contributed by atoms with Gasteiger partial charge >= 0.3 is 5.97 Å². The molecule has 0 unspecified atom stereocenters. The predicted octanol–water partition coefficient (Wildman–Crippen LogP) is 11.9. The number of unbranched alkanes of at least 4 members (excludes halogenated alkanes) is 26. The molecule has 2 nitrogen and oxygen atoms in total. The van der Waals surface area contributed by atoms with Crippen LogP contribution in [0.3, 0.4) is 0 Å². The lowest BCUT2D eigenvalue weighted by Crippen LogP contribution is -2.05. The summed E-state index contributed by atoms with van der Waals surface area (Å²) in [6.07, 6.45) is 38.8. The van der Waals surface area contributed by atoms with Gasteiger partial charge in [0, 0.05) is 6.42 Å². The van der Waals surface area contributed by atoms with Gasteiger partial charge in [-0.1, -0.05) is 181 Å². The van der Waals surface area contributed by atoms with E-state index < -0.39 is 0 Å². The minimum atomic E-state index is 0.0220. The first-order chi connectivity index (χ1) is 17.3. The Morgan fingerprint density at radius 1 is 0.371 bits per heavy atom. The molecule has 0 rings (SSSR count). The molecular formula is C33H66O2. The van der Waals surface area contributed by atoms with E-state index in [-0.39, 0.29) is 5.97 Å². The maximum Gasteiger partial charge on any atom is 0.305 e. The normalized spacial score (nSPS) is 11.3. The lowest BCUT2D eigenvalue weighted by atomic mass is 10.0. The van der Waals surface area contributed by atoms with E-state index in [2.05, 4.69) is 13.8 Å². The van der Waals surface area contributed by atoms with Crippen molar-refractivity contribution < 1.29 is 9.53 Å². The molecule has 0 heterocycles. The monoisotopic (exact) mass is 495 g/mol. The molecule has 0 aliphatic rings. The van der Waals surface area contributed by atoms with E-state index in [9.17, 15) is 4.79 Å². The maximum atomic E-state index is 11.8. The van der Waals surface area contributed by atoms with Gasteiger partial charge < -0.3 is 4.74 Å². The molecule has 35 heavy (non-hydrogen) atoms. The van der Waals surface area contributed by atoms with Crippen molar-refractivity contribution in [3.63, 3.8) is 0 Å². The van der Waals surface area contributed by atoms with Crippen molar-refractivity contribution in [3.8, 4) is 0 Å². The van der Waals surface area contributed by atoms with Crippen LogP contribution in [0.2, 0.25) is 0 Å². The topological polar surface area (TPSA) is 26.3 Å². The third-order valence-corrected chi connectivity index (χ3v) is 7.50. The summed E-state index contributed by atoms with van der Waals surface area (Å²) in [5.41, 5.74) is 0. The van der Waals surface area contributed by atoms with Gasteiger partial charge in [-0.05, 0) is 12.8 Å². The fourth-order valence-corrected chi connectivity index (χ4v) is 5.02. The highest BCUT2D eigenvalue weighted by molar-refractivity contribution is 5.69. The molecule has 0 aromatic carbocycles. The molecule has 0 radical (unpaired) electrons. The van der Waals surface area contributed by atoms with Gasteiger partial charge in [0.05, 0.1) is 6.61 Å². The second-order valence-electron chi connectivity index (χ2n) is 11.2. The van der Waals surface area contributed by atoms with E-state index in [0.717, 1.165) is 12.8 Å². The Balaban J connectivity index is 3.11. The summed E-state index contributed by atoms with van der Waals surface area (Å²) in [6, 6.07) is 0. The standard InChI is InChI=1S/C33H66O2/c1-3-5-7-9-11-12-13-14-15-16-17-18-19-20-21-22-23-24-25-27-29-31-33(34)35-32-30-28-26-10-8-6-4-2/h3-32H2,1-2H3. The quantitative estimate of drug-likeness (QED) is 0.0732. The van der Waals surface area contributed by atoms with Crippen molar-refractivity contribution in [3.05, 3.63) is 0 Å². The fourth-order valence-electron chi connectivity index (χ4n) is 5.02. The van der Waals surface area contributed by atoms with Gasteiger partial charge in [0.2, 0.25) is 0 Å². The second kappa shape index (κ2) is 31.5. The Kier molecular flexibility index (Phi) is 31.0. The molecule has 0 aliphatic heterocycles. The highest BCUT2D eigenvalue weighted by atomic mass is 16.5. The van der Waals surface area contributed by atoms with Gasteiger partial charge in [-0.25, -0.2) is 0 Å². The molecule has 2 heteroatoms. The molecule has 0 spiro atoms. The molecule has 0 amide bonds. The molecule has 0 aromatic rings. The van der Waals surface area contributed by atoms with Gasteiger partial charge in [0.25, 0.3) is 0 Å². The summed E-state index contributed by atoms with van der Waals surface area (Å²) in [6.45, 7) is 5.18. The van der Waals surface area contributed by atoms with Gasteiger partial charge in [-0.15, -0.1) is 0 Å². The molecule has 0 saturated heterocycles. The summed E-state index contributed by atoms with van der Waals surface area (Å²) in [7, 11) is 0. The van der Waals surface area contributed by atoms with Crippen molar-refractivity contribution in [1.82, 2.24) is 0 Å². The third kappa shape index (κ3) is 31.4. The van der Waals surface area contributed by atoms with Crippen LogP contribution in [-0.2, 0) is 9.53 Å². The first-order valence-electron chi connectivity index (χ1n) is 16.5. The Morgan fingerprint density at radius 2 is 0.629 bits per heavy atom. The van der Waals surface area contributed by atoms with Crippen LogP contribution >= 0.6 is 0 Å². The van der Waals surface area contributed by atoms with E-state index >= 15 is 0 Å². The first kappa shape index (κ1) is 34.5. The molecule has 0 aliphatic carbocycles. The molecule has 0 bridgehead atoms. The minimum absolute atomic E-state index is 0.0220. The lowest BCUT2D eigenvalue weighted by Gasteiger charge is -2.05. The Bertz CT molecular complexity index is 393. The fraction of sp³-hybridized carbons (Fsp3) is 0.970. The Hall–Kier alpha value is -0.530. The van der Waals surface area contributed by atoms with Crippen LogP contribution in [0.1, 0.15) is 200 Å². The van der Waals surface area contributed by atoms with Gasteiger partial charge in [0.15, 0.2) is 0 Å². The molecule has 0 N–H and O–H groups in total. The number of hydrogen-bond donors (Lipinski definition) is 0. The summed E-state index contributed by atoms with van der Waals surface area (Å²) in [5, 5.41) is 0. The number of esters is 1. The van der Waals surface area contributed by atoms with Crippen LogP contribution in [0.25, 0.3) is 0 Å². The van der Waals surface area contributed by atoms with E-state index in [1.807, 2.05) is 0 Å². The number of carbonyl (C=O) groups is 1. The van der Waals surface area contributed by atoms with Crippen LogP contribution in [0.4, 0.5) is 0 Å². The summed E-state index contributed by atoms with van der Waals surface area (Å²) < 4.78 is 5.37. The van der Waals surface area contributed by atoms with Crippen LogP contribution in [0.15, 0.2) is 0 Å². The molecular weight excluding hydrogens is 428 g/mol. The number of rotatable bonds is 30. The predicted molar refractivity (Wildman–Crippen MR) is 156 cm³/mol. The van der Waals surface area contributed by atoms with E-state index in [1.165, 1.54) is 167 Å². The van der Waals surface area contributed by atoms with Crippen LogP contribution in [-0.4, -0.2) is 12.6 Å². The Labute approximate surface area is 222 Å². The highest BCUT2D eigenvalue weighted by Crippen LogP contribution is 2.15. The lowest BCUT2D eigenvalue weighted by molar-refractivity contribution is -0.143. The van der Waals surface area contributed by atoms with Crippen molar-refractivity contribution >= 4 is 5.97 Å². The molecule has 0 fully saturated rings. The van der Waals surface area contributed by atoms with Crippen molar-refractivity contribution in [1.29, 1.82) is 0 Å². The zero-order valence-corrected chi connectivity index (χ0v) is 24.5. The zero-order chi connectivity index (χ0) is 25.5. The smallest absolute Gasteiger partial charge is 0.305 e. The SMILES string of the molecule is CCCCCCCCCCCCCCCCCCCCCCCC(=O)OCCCCCCCCC. The van der Waals surface area contributed by atoms with E-state index in [1.54, 1.807) is 0 Å². The number of hydrogen-bond acceptors (Lipinski definition) is 2.